The average Bonchev–Trinajstić information content (AvgIpc) is 3.27. The van der Waals surface area contributed by atoms with Crippen molar-refractivity contribution in [1.29, 1.82) is 0 Å². The van der Waals surface area contributed by atoms with Crippen molar-refractivity contribution in [3.05, 3.63) is 96.1 Å². The van der Waals surface area contributed by atoms with Crippen molar-refractivity contribution in [2.45, 2.75) is 19.3 Å². The summed E-state index contributed by atoms with van der Waals surface area (Å²) < 4.78 is 6.27. The van der Waals surface area contributed by atoms with Crippen molar-refractivity contribution < 1.29 is 4.42 Å². The van der Waals surface area contributed by atoms with Crippen molar-refractivity contribution in [2.24, 2.45) is 0 Å². The smallest absolute Gasteiger partial charge is 0.159 e. The van der Waals surface area contributed by atoms with Crippen LogP contribution in [0.25, 0.3) is 33.1 Å². The Morgan fingerprint density at radius 2 is 1.43 bits per heavy atom. The first-order valence-electron chi connectivity index (χ1n) is 10.4. The zero-order valence-electron chi connectivity index (χ0n) is 17.4. The molecule has 1 heterocycles. The molecule has 1 aliphatic carbocycles. The molecule has 0 spiro atoms. The number of rotatable bonds is 2. The van der Waals surface area contributed by atoms with Gasteiger partial charge in [-0.25, -0.2) is 0 Å². The van der Waals surface area contributed by atoms with E-state index in [1.165, 1.54) is 27.9 Å². The predicted octanol–water partition coefficient (Wildman–Crippen LogP) is 7.66. The van der Waals surface area contributed by atoms with Crippen LogP contribution in [-0.4, -0.2) is 7.05 Å². The summed E-state index contributed by atoms with van der Waals surface area (Å²) in [6.45, 7) is 4.64. The van der Waals surface area contributed by atoms with Crippen molar-refractivity contribution >= 4 is 33.3 Å². The minimum Gasteiger partial charge on any atom is -0.454 e. The van der Waals surface area contributed by atoms with Gasteiger partial charge in [0, 0.05) is 28.9 Å². The fourth-order valence-electron chi connectivity index (χ4n) is 5.04. The number of para-hydroxylation sites is 2. The zero-order chi connectivity index (χ0) is 20.5. The van der Waals surface area contributed by atoms with E-state index in [0.29, 0.717) is 0 Å². The summed E-state index contributed by atoms with van der Waals surface area (Å²) in [5.74, 6) is 0. The fraction of sp³-hybridized carbons (Fsp3) is 0.143. The van der Waals surface area contributed by atoms with Crippen LogP contribution in [0, 0.1) is 0 Å². The molecule has 2 nitrogen and oxygen atoms in total. The van der Waals surface area contributed by atoms with E-state index in [1.54, 1.807) is 0 Å². The Morgan fingerprint density at radius 3 is 2.33 bits per heavy atom. The number of furan rings is 1. The molecule has 2 heteroatoms. The second-order valence-corrected chi connectivity index (χ2v) is 8.71. The quantitative estimate of drug-likeness (QED) is 0.308. The minimum absolute atomic E-state index is 0.00581. The lowest BCUT2D eigenvalue weighted by atomic mass is 9.82. The predicted molar refractivity (Wildman–Crippen MR) is 126 cm³/mol. The standard InChI is InChI=1S/C28H23NO/c1-28(2)23-12-6-4-9-19(23)20-16-15-18(17-24(20)28)29(3)25-13-8-11-22-21-10-5-7-14-26(21)30-27(22)25/h4-17H,1-3H3. The van der Waals surface area contributed by atoms with Crippen LogP contribution in [0.1, 0.15) is 25.0 Å². The zero-order valence-corrected chi connectivity index (χ0v) is 17.4. The second-order valence-electron chi connectivity index (χ2n) is 8.71. The van der Waals surface area contributed by atoms with Crippen LogP contribution in [0.3, 0.4) is 0 Å². The summed E-state index contributed by atoms with van der Waals surface area (Å²) in [4.78, 5) is 2.24. The molecule has 0 atom stereocenters. The molecule has 146 valence electrons. The molecule has 0 bridgehead atoms. The van der Waals surface area contributed by atoms with Gasteiger partial charge in [0.25, 0.3) is 0 Å². The largest absolute Gasteiger partial charge is 0.454 e. The van der Waals surface area contributed by atoms with Gasteiger partial charge < -0.3 is 9.32 Å². The van der Waals surface area contributed by atoms with Gasteiger partial charge in [-0.2, -0.15) is 0 Å². The highest BCUT2D eigenvalue weighted by molar-refractivity contribution is 6.09. The van der Waals surface area contributed by atoms with Crippen LogP contribution < -0.4 is 4.90 Å². The monoisotopic (exact) mass is 389 g/mol. The van der Waals surface area contributed by atoms with Gasteiger partial charge >= 0.3 is 0 Å². The highest BCUT2D eigenvalue weighted by Crippen LogP contribution is 2.50. The fourth-order valence-corrected chi connectivity index (χ4v) is 5.04. The van der Waals surface area contributed by atoms with Gasteiger partial charge in [-0.3, -0.25) is 0 Å². The molecule has 1 aromatic heterocycles. The molecule has 0 aliphatic heterocycles. The van der Waals surface area contributed by atoms with E-state index in [0.717, 1.165) is 27.6 Å². The number of hydrogen-bond donors (Lipinski definition) is 0. The van der Waals surface area contributed by atoms with Gasteiger partial charge in [0.05, 0.1) is 5.69 Å². The molecule has 5 aromatic rings. The van der Waals surface area contributed by atoms with E-state index in [4.69, 9.17) is 4.42 Å². The third kappa shape index (κ3) is 2.25. The molecule has 0 amide bonds. The Balaban J connectivity index is 1.51. The molecule has 0 fully saturated rings. The molecule has 0 radical (unpaired) electrons. The van der Waals surface area contributed by atoms with Crippen molar-refractivity contribution in [1.82, 2.24) is 0 Å². The summed E-state index contributed by atoms with van der Waals surface area (Å²) in [7, 11) is 2.12. The maximum atomic E-state index is 6.27. The SMILES string of the molecule is CN(c1ccc2c(c1)C(C)(C)c1ccccc1-2)c1cccc2c1oc1ccccc12. The topological polar surface area (TPSA) is 16.4 Å². The Morgan fingerprint density at radius 1 is 0.700 bits per heavy atom. The Kier molecular flexibility index (Phi) is 3.47. The molecule has 0 unspecified atom stereocenters. The van der Waals surface area contributed by atoms with E-state index in [-0.39, 0.29) is 5.41 Å². The van der Waals surface area contributed by atoms with Crippen LogP contribution in [-0.2, 0) is 5.41 Å². The Hall–Kier alpha value is -3.52. The van der Waals surface area contributed by atoms with Crippen LogP contribution >= 0.6 is 0 Å². The van der Waals surface area contributed by atoms with E-state index in [2.05, 4.69) is 98.6 Å². The molecule has 30 heavy (non-hydrogen) atoms. The van der Waals surface area contributed by atoms with Gasteiger partial charge in [-0.05, 0) is 46.5 Å². The van der Waals surface area contributed by atoms with Crippen molar-refractivity contribution in [3.63, 3.8) is 0 Å². The molecule has 0 saturated carbocycles. The molecule has 6 rings (SSSR count). The summed E-state index contributed by atoms with van der Waals surface area (Å²) >= 11 is 0. The average molecular weight is 389 g/mol. The first kappa shape index (κ1) is 17.3. The minimum atomic E-state index is -0.00581. The lowest BCUT2D eigenvalue weighted by Gasteiger charge is -2.25. The number of nitrogens with zero attached hydrogens (tertiary/aromatic N) is 1. The third-order valence-electron chi connectivity index (χ3n) is 6.70. The number of anilines is 2. The van der Waals surface area contributed by atoms with Crippen molar-refractivity contribution in [3.8, 4) is 11.1 Å². The highest BCUT2D eigenvalue weighted by atomic mass is 16.3. The summed E-state index contributed by atoms with van der Waals surface area (Å²) in [6, 6.07) is 30.2. The first-order chi connectivity index (χ1) is 14.6. The third-order valence-corrected chi connectivity index (χ3v) is 6.70. The Labute approximate surface area is 176 Å². The highest BCUT2D eigenvalue weighted by Gasteiger charge is 2.35. The first-order valence-corrected chi connectivity index (χ1v) is 10.4. The number of benzene rings is 4. The number of fused-ring (bicyclic) bond motifs is 6. The van der Waals surface area contributed by atoms with E-state index >= 15 is 0 Å². The van der Waals surface area contributed by atoms with E-state index in [9.17, 15) is 0 Å². The lowest BCUT2D eigenvalue weighted by Crippen LogP contribution is -2.16. The van der Waals surface area contributed by atoms with Crippen LogP contribution in [0.5, 0.6) is 0 Å². The normalized spacial score (nSPS) is 14.1. The molecule has 1 aliphatic rings. The maximum Gasteiger partial charge on any atom is 0.159 e. The second kappa shape index (κ2) is 5.99. The maximum absolute atomic E-state index is 6.27. The molecular formula is C28H23NO. The van der Waals surface area contributed by atoms with Crippen molar-refractivity contribution in [2.75, 3.05) is 11.9 Å². The summed E-state index contributed by atoms with van der Waals surface area (Å²) in [5, 5.41) is 2.32. The van der Waals surface area contributed by atoms with Crippen LogP contribution in [0.15, 0.2) is 89.3 Å². The van der Waals surface area contributed by atoms with E-state index in [1.807, 2.05) is 12.1 Å². The molecular weight excluding hydrogens is 366 g/mol. The summed E-state index contributed by atoms with van der Waals surface area (Å²) in [6.07, 6.45) is 0. The van der Waals surface area contributed by atoms with E-state index < -0.39 is 0 Å². The van der Waals surface area contributed by atoms with Gasteiger partial charge in [-0.1, -0.05) is 74.5 Å². The van der Waals surface area contributed by atoms with Crippen LogP contribution in [0.4, 0.5) is 11.4 Å². The lowest BCUT2D eigenvalue weighted by molar-refractivity contribution is 0.660. The van der Waals surface area contributed by atoms with Gasteiger partial charge in [0.2, 0.25) is 0 Å². The van der Waals surface area contributed by atoms with Gasteiger partial charge in [0.15, 0.2) is 5.58 Å². The number of hydrogen-bond acceptors (Lipinski definition) is 2. The van der Waals surface area contributed by atoms with Crippen LogP contribution in [0.2, 0.25) is 0 Å². The van der Waals surface area contributed by atoms with Gasteiger partial charge in [0.1, 0.15) is 5.58 Å². The Bertz CT molecular complexity index is 1440. The molecule has 4 aromatic carbocycles. The van der Waals surface area contributed by atoms with Gasteiger partial charge in [-0.15, -0.1) is 0 Å². The molecule has 0 N–H and O–H groups in total. The molecule has 0 saturated heterocycles. The summed E-state index contributed by atoms with van der Waals surface area (Å²) in [5.41, 5.74) is 9.58.